The van der Waals surface area contributed by atoms with Gasteiger partial charge in [0.1, 0.15) is 18.9 Å². The summed E-state index contributed by atoms with van der Waals surface area (Å²) in [6.07, 6.45) is 2.20. The van der Waals surface area contributed by atoms with Gasteiger partial charge < -0.3 is 15.8 Å². The lowest BCUT2D eigenvalue weighted by atomic mass is 10.0. The molecule has 7 heteroatoms. The Balaban J connectivity index is 2.69. The lowest BCUT2D eigenvalue weighted by molar-refractivity contribution is -0.123. The molecule has 1 rings (SSSR count). The standard InChI is InChI=1S/C13H22N4O3/c1-4-13(2,3)16-11(18)9-17-12(19)7-10(8-15-17)20-6-5-14/h7-8H,4-6,9,14H2,1-3H3,(H,16,18). The van der Waals surface area contributed by atoms with E-state index >= 15 is 0 Å². The highest BCUT2D eigenvalue weighted by Gasteiger charge is 2.18. The number of hydrogen-bond acceptors (Lipinski definition) is 5. The van der Waals surface area contributed by atoms with Crippen molar-refractivity contribution in [2.75, 3.05) is 13.2 Å². The van der Waals surface area contributed by atoms with E-state index in [2.05, 4.69) is 10.4 Å². The minimum absolute atomic E-state index is 0.112. The molecule has 0 spiro atoms. The molecule has 1 heterocycles. The average Bonchev–Trinajstić information content (AvgIpc) is 2.38. The Hall–Kier alpha value is -1.89. The van der Waals surface area contributed by atoms with Crippen molar-refractivity contribution in [3.8, 4) is 5.75 Å². The zero-order chi connectivity index (χ0) is 15.2. The van der Waals surface area contributed by atoms with Gasteiger partial charge in [-0.1, -0.05) is 6.92 Å². The molecule has 0 aliphatic heterocycles. The van der Waals surface area contributed by atoms with Crippen molar-refractivity contribution < 1.29 is 9.53 Å². The SMILES string of the molecule is CCC(C)(C)NC(=O)Cn1ncc(OCCN)cc1=O. The maximum atomic E-state index is 11.8. The third-order valence-corrected chi connectivity index (χ3v) is 2.89. The summed E-state index contributed by atoms with van der Waals surface area (Å²) < 4.78 is 6.29. The van der Waals surface area contributed by atoms with Crippen molar-refractivity contribution in [2.45, 2.75) is 39.3 Å². The second kappa shape index (κ2) is 7.04. The Labute approximate surface area is 118 Å². The van der Waals surface area contributed by atoms with Crippen LogP contribution in [-0.4, -0.2) is 34.4 Å². The number of carbonyl (C=O) groups is 1. The van der Waals surface area contributed by atoms with Gasteiger partial charge in [-0.15, -0.1) is 0 Å². The molecule has 1 aromatic heterocycles. The molecule has 1 amide bonds. The second-order valence-corrected chi connectivity index (χ2v) is 5.11. The van der Waals surface area contributed by atoms with Gasteiger partial charge in [0.15, 0.2) is 0 Å². The molecule has 1 aromatic rings. The largest absolute Gasteiger partial charge is 0.490 e. The van der Waals surface area contributed by atoms with Crippen LogP contribution < -0.4 is 21.3 Å². The number of rotatable bonds is 7. The number of nitrogens with zero attached hydrogens (tertiary/aromatic N) is 2. The Morgan fingerprint density at radius 3 is 2.80 bits per heavy atom. The van der Waals surface area contributed by atoms with Crippen molar-refractivity contribution in [3.05, 3.63) is 22.6 Å². The monoisotopic (exact) mass is 282 g/mol. The van der Waals surface area contributed by atoms with E-state index in [1.165, 1.54) is 12.3 Å². The molecule has 20 heavy (non-hydrogen) atoms. The number of amides is 1. The van der Waals surface area contributed by atoms with Gasteiger partial charge in [-0.2, -0.15) is 5.10 Å². The molecule has 0 aliphatic rings. The van der Waals surface area contributed by atoms with Gasteiger partial charge in [0.05, 0.1) is 6.20 Å². The third kappa shape index (κ3) is 5.00. The molecule has 0 aromatic carbocycles. The smallest absolute Gasteiger partial charge is 0.270 e. The molecular weight excluding hydrogens is 260 g/mol. The molecule has 0 fully saturated rings. The van der Waals surface area contributed by atoms with E-state index in [-0.39, 0.29) is 23.6 Å². The Morgan fingerprint density at radius 1 is 1.55 bits per heavy atom. The maximum absolute atomic E-state index is 11.8. The first-order valence-electron chi connectivity index (χ1n) is 6.59. The fraction of sp³-hybridized carbons (Fsp3) is 0.615. The van der Waals surface area contributed by atoms with Gasteiger partial charge in [-0.05, 0) is 20.3 Å². The van der Waals surface area contributed by atoms with Crippen LogP contribution in [0.15, 0.2) is 17.1 Å². The first kappa shape index (κ1) is 16.2. The van der Waals surface area contributed by atoms with Crippen molar-refractivity contribution in [3.63, 3.8) is 0 Å². The molecule has 112 valence electrons. The molecule has 0 aliphatic carbocycles. The molecule has 0 atom stereocenters. The van der Waals surface area contributed by atoms with E-state index in [9.17, 15) is 9.59 Å². The molecule has 0 bridgehead atoms. The number of nitrogens with two attached hydrogens (primary N) is 1. The fourth-order valence-electron chi connectivity index (χ4n) is 1.43. The number of nitrogens with one attached hydrogen (secondary N) is 1. The first-order valence-corrected chi connectivity index (χ1v) is 6.59. The highest BCUT2D eigenvalue weighted by molar-refractivity contribution is 5.76. The topological polar surface area (TPSA) is 99.2 Å². The van der Waals surface area contributed by atoms with Crippen molar-refractivity contribution in [2.24, 2.45) is 5.73 Å². The van der Waals surface area contributed by atoms with E-state index in [1.54, 1.807) is 0 Å². The van der Waals surface area contributed by atoms with Crippen molar-refractivity contribution in [1.29, 1.82) is 0 Å². The molecule has 0 radical (unpaired) electrons. The zero-order valence-electron chi connectivity index (χ0n) is 12.2. The zero-order valence-corrected chi connectivity index (χ0v) is 12.2. The van der Waals surface area contributed by atoms with Crippen molar-refractivity contribution >= 4 is 5.91 Å². The minimum Gasteiger partial charge on any atom is -0.490 e. The summed E-state index contributed by atoms with van der Waals surface area (Å²) in [4.78, 5) is 23.6. The third-order valence-electron chi connectivity index (χ3n) is 2.89. The molecule has 0 saturated heterocycles. The van der Waals surface area contributed by atoms with Crippen LogP contribution in [0.1, 0.15) is 27.2 Å². The van der Waals surface area contributed by atoms with Gasteiger partial charge >= 0.3 is 0 Å². The van der Waals surface area contributed by atoms with Crippen LogP contribution in [0.4, 0.5) is 0 Å². The lowest BCUT2D eigenvalue weighted by Gasteiger charge is -2.24. The Morgan fingerprint density at radius 2 is 2.25 bits per heavy atom. The number of ether oxygens (including phenoxy) is 1. The van der Waals surface area contributed by atoms with Gasteiger partial charge in [0, 0.05) is 18.2 Å². The first-order chi connectivity index (χ1) is 9.38. The summed E-state index contributed by atoms with van der Waals surface area (Å²) >= 11 is 0. The predicted molar refractivity (Wildman–Crippen MR) is 75.6 cm³/mol. The number of hydrogen-bond donors (Lipinski definition) is 2. The van der Waals surface area contributed by atoms with Crippen LogP contribution in [0, 0.1) is 0 Å². The highest BCUT2D eigenvalue weighted by Crippen LogP contribution is 2.06. The van der Waals surface area contributed by atoms with Gasteiger partial charge in [0.2, 0.25) is 5.91 Å². The van der Waals surface area contributed by atoms with Crippen LogP contribution in [0.2, 0.25) is 0 Å². The van der Waals surface area contributed by atoms with Crippen LogP contribution in [0.3, 0.4) is 0 Å². The molecule has 0 unspecified atom stereocenters. The summed E-state index contributed by atoms with van der Waals surface area (Å²) in [5, 5.41) is 6.75. The summed E-state index contributed by atoms with van der Waals surface area (Å²) in [7, 11) is 0. The summed E-state index contributed by atoms with van der Waals surface area (Å²) in [5.74, 6) is 0.105. The molecule has 0 saturated carbocycles. The predicted octanol–water partition coefficient (Wildman–Crippen LogP) is -0.114. The van der Waals surface area contributed by atoms with E-state index in [0.29, 0.717) is 18.9 Å². The van der Waals surface area contributed by atoms with E-state index in [1.807, 2.05) is 20.8 Å². The quantitative estimate of drug-likeness (QED) is 0.726. The normalized spacial score (nSPS) is 11.2. The van der Waals surface area contributed by atoms with E-state index in [0.717, 1.165) is 11.1 Å². The van der Waals surface area contributed by atoms with Gasteiger partial charge in [-0.3, -0.25) is 9.59 Å². The highest BCUT2D eigenvalue weighted by atomic mass is 16.5. The van der Waals surface area contributed by atoms with Crippen LogP contribution in [0.25, 0.3) is 0 Å². The van der Waals surface area contributed by atoms with Crippen LogP contribution in [-0.2, 0) is 11.3 Å². The lowest BCUT2D eigenvalue weighted by Crippen LogP contribution is -2.45. The Kier molecular flexibility index (Phi) is 5.69. The number of carbonyl (C=O) groups excluding carboxylic acids is 1. The summed E-state index contributed by atoms with van der Waals surface area (Å²) in [5.41, 5.74) is 4.61. The fourth-order valence-corrected chi connectivity index (χ4v) is 1.43. The summed E-state index contributed by atoms with van der Waals surface area (Å²) in [6.45, 7) is 6.39. The number of aromatic nitrogens is 2. The van der Waals surface area contributed by atoms with Crippen molar-refractivity contribution in [1.82, 2.24) is 15.1 Å². The van der Waals surface area contributed by atoms with Gasteiger partial charge in [-0.25, -0.2) is 4.68 Å². The van der Waals surface area contributed by atoms with Crippen LogP contribution in [0.5, 0.6) is 5.75 Å². The Bertz CT molecular complexity index is 511. The summed E-state index contributed by atoms with van der Waals surface area (Å²) in [6, 6.07) is 1.29. The molecular formula is C13H22N4O3. The maximum Gasteiger partial charge on any atom is 0.270 e. The van der Waals surface area contributed by atoms with Crippen LogP contribution >= 0.6 is 0 Å². The van der Waals surface area contributed by atoms with E-state index in [4.69, 9.17) is 10.5 Å². The van der Waals surface area contributed by atoms with E-state index < -0.39 is 0 Å². The minimum atomic E-state index is -0.385. The van der Waals surface area contributed by atoms with Gasteiger partial charge in [0.25, 0.3) is 5.56 Å². The average molecular weight is 282 g/mol. The molecule has 3 N–H and O–H groups in total. The second-order valence-electron chi connectivity index (χ2n) is 5.11. The molecule has 7 nitrogen and oxygen atoms in total.